The van der Waals surface area contributed by atoms with Crippen molar-refractivity contribution < 1.29 is 0 Å². The van der Waals surface area contributed by atoms with E-state index in [0.29, 0.717) is 11.7 Å². The average Bonchev–Trinajstić information content (AvgIpc) is 2.92. The lowest BCUT2D eigenvalue weighted by atomic mass is 10.4. The highest BCUT2D eigenvalue weighted by atomic mass is 79.9. The van der Waals surface area contributed by atoms with Crippen molar-refractivity contribution >= 4 is 33.5 Å². The molecule has 0 aromatic carbocycles. The number of hydrogen-bond donors (Lipinski definition) is 1. The van der Waals surface area contributed by atoms with Gasteiger partial charge in [0.05, 0.1) is 4.47 Å². The molecule has 13 heavy (non-hydrogen) atoms. The minimum absolute atomic E-state index is 0.557. The summed E-state index contributed by atoms with van der Waals surface area (Å²) in [5.74, 6) is 2.02. The Hall–Kier alpha value is -0.290. The van der Waals surface area contributed by atoms with Gasteiger partial charge in [0.25, 0.3) is 0 Å². The molecule has 0 aliphatic heterocycles. The van der Waals surface area contributed by atoms with Gasteiger partial charge in [-0.25, -0.2) is 9.97 Å². The van der Waals surface area contributed by atoms with Crippen molar-refractivity contribution in [2.24, 2.45) is 0 Å². The third-order valence-corrected chi connectivity index (χ3v) is 3.73. The molecule has 1 aromatic heterocycles. The summed E-state index contributed by atoms with van der Waals surface area (Å²) in [6.07, 6.45) is 4.40. The molecule has 0 amide bonds. The van der Waals surface area contributed by atoms with Crippen molar-refractivity contribution in [3.8, 4) is 0 Å². The van der Waals surface area contributed by atoms with Crippen LogP contribution in [0.5, 0.6) is 0 Å². The SMILES string of the molecule is CSc1nc(C2CC2)nc(N)c1Br. The van der Waals surface area contributed by atoms with E-state index < -0.39 is 0 Å². The molecule has 0 unspecified atom stereocenters. The highest BCUT2D eigenvalue weighted by Crippen LogP contribution is 2.40. The van der Waals surface area contributed by atoms with E-state index >= 15 is 0 Å². The maximum Gasteiger partial charge on any atom is 0.142 e. The normalized spacial score (nSPS) is 16.2. The largest absolute Gasteiger partial charge is 0.383 e. The van der Waals surface area contributed by atoms with Crippen molar-refractivity contribution in [2.45, 2.75) is 23.8 Å². The highest BCUT2D eigenvalue weighted by molar-refractivity contribution is 9.10. The Morgan fingerprint density at radius 2 is 2.15 bits per heavy atom. The second-order valence-corrected chi connectivity index (χ2v) is 4.65. The molecular formula is C8H10BrN3S. The van der Waals surface area contributed by atoms with Crippen molar-refractivity contribution in [1.29, 1.82) is 0 Å². The van der Waals surface area contributed by atoms with Crippen LogP contribution in [0.15, 0.2) is 9.50 Å². The second kappa shape index (κ2) is 3.46. The minimum Gasteiger partial charge on any atom is -0.383 e. The monoisotopic (exact) mass is 259 g/mol. The van der Waals surface area contributed by atoms with E-state index in [0.717, 1.165) is 15.3 Å². The van der Waals surface area contributed by atoms with Gasteiger partial charge < -0.3 is 5.73 Å². The van der Waals surface area contributed by atoms with E-state index in [1.54, 1.807) is 11.8 Å². The zero-order chi connectivity index (χ0) is 9.42. The van der Waals surface area contributed by atoms with Crippen LogP contribution in [0.1, 0.15) is 24.6 Å². The Morgan fingerprint density at radius 3 is 2.69 bits per heavy atom. The van der Waals surface area contributed by atoms with Crippen molar-refractivity contribution in [3.05, 3.63) is 10.3 Å². The van der Waals surface area contributed by atoms with Gasteiger partial charge in [-0.05, 0) is 35.0 Å². The molecule has 0 saturated heterocycles. The van der Waals surface area contributed by atoms with Gasteiger partial charge in [-0.3, -0.25) is 0 Å². The summed E-state index contributed by atoms with van der Waals surface area (Å²) in [5.41, 5.74) is 5.75. The number of nitrogens with two attached hydrogens (primary N) is 1. The first kappa shape index (κ1) is 9.27. The number of aromatic nitrogens is 2. The predicted octanol–water partition coefficient (Wildman–Crippen LogP) is 2.42. The molecule has 1 aliphatic carbocycles. The summed E-state index contributed by atoms with van der Waals surface area (Å²) in [4.78, 5) is 8.69. The quantitative estimate of drug-likeness (QED) is 0.655. The lowest BCUT2D eigenvalue weighted by molar-refractivity contribution is 0.876. The van der Waals surface area contributed by atoms with Gasteiger partial charge in [-0.2, -0.15) is 0 Å². The summed E-state index contributed by atoms with van der Waals surface area (Å²) < 4.78 is 0.824. The molecule has 5 heteroatoms. The summed E-state index contributed by atoms with van der Waals surface area (Å²) in [6.45, 7) is 0. The fraction of sp³-hybridized carbons (Fsp3) is 0.500. The zero-order valence-electron chi connectivity index (χ0n) is 7.25. The van der Waals surface area contributed by atoms with Crippen molar-refractivity contribution in [1.82, 2.24) is 9.97 Å². The fourth-order valence-corrected chi connectivity index (χ4v) is 2.25. The van der Waals surface area contributed by atoms with Crippen LogP contribution in [-0.2, 0) is 0 Å². The van der Waals surface area contributed by atoms with Crippen LogP contribution in [0.2, 0.25) is 0 Å². The molecule has 0 atom stereocenters. The van der Waals surface area contributed by atoms with E-state index in [4.69, 9.17) is 5.73 Å². The van der Waals surface area contributed by atoms with Gasteiger partial charge >= 0.3 is 0 Å². The molecule has 2 rings (SSSR count). The Kier molecular flexibility index (Phi) is 2.47. The molecule has 70 valence electrons. The first-order valence-corrected chi connectivity index (χ1v) is 6.11. The first-order valence-electron chi connectivity index (χ1n) is 4.09. The summed E-state index contributed by atoms with van der Waals surface area (Å²) in [6, 6.07) is 0. The minimum atomic E-state index is 0.557. The molecule has 1 saturated carbocycles. The Balaban J connectivity index is 2.43. The van der Waals surface area contributed by atoms with Crippen LogP contribution in [0.4, 0.5) is 5.82 Å². The number of nitrogens with zero attached hydrogens (tertiary/aromatic N) is 2. The molecule has 0 spiro atoms. The fourth-order valence-electron chi connectivity index (χ4n) is 1.12. The van der Waals surface area contributed by atoms with E-state index in [2.05, 4.69) is 25.9 Å². The van der Waals surface area contributed by atoms with Crippen LogP contribution in [-0.4, -0.2) is 16.2 Å². The standard InChI is InChI=1S/C8H10BrN3S/c1-13-8-5(9)6(10)11-7(12-8)4-2-3-4/h4H,2-3H2,1H3,(H2,10,11,12). The summed E-state index contributed by atoms with van der Waals surface area (Å²) in [7, 11) is 0. The molecule has 1 heterocycles. The molecule has 2 N–H and O–H groups in total. The average molecular weight is 260 g/mol. The van der Waals surface area contributed by atoms with Crippen LogP contribution in [0, 0.1) is 0 Å². The molecule has 1 aliphatic rings. The maximum absolute atomic E-state index is 5.75. The third-order valence-electron chi connectivity index (χ3n) is 2.00. The smallest absolute Gasteiger partial charge is 0.142 e. The van der Waals surface area contributed by atoms with Crippen LogP contribution < -0.4 is 5.73 Å². The van der Waals surface area contributed by atoms with E-state index in [1.165, 1.54) is 12.8 Å². The molecular weight excluding hydrogens is 250 g/mol. The Bertz CT molecular complexity index is 338. The number of nitrogen functional groups attached to an aromatic ring is 1. The van der Waals surface area contributed by atoms with Crippen LogP contribution in [0.3, 0.4) is 0 Å². The van der Waals surface area contributed by atoms with Gasteiger partial charge in [0.1, 0.15) is 16.7 Å². The van der Waals surface area contributed by atoms with Gasteiger partial charge in [-0.1, -0.05) is 0 Å². The van der Waals surface area contributed by atoms with E-state index in [1.807, 2.05) is 6.26 Å². The molecule has 1 fully saturated rings. The summed E-state index contributed by atoms with van der Waals surface area (Å²) >= 11 is 4.96. The number of rotatable bonds is 2. The van der Waals surface area contributed by atoms with Crippen LogP contribution >= 0.6 is 27.7 Å². The number of thioether (sulfide) groups is 1. The van der Waals surface area contributed by atoms with Crippen molar-refractivity contribution in [2.75, 3.05) is 12.0 Å². The first-order chi connectivity index (χ1) is 6.22. The van der Waals surface area contributed by atoms with E-state index in [9.17, 15) is 0 Å². The third kappa shape index (κ3) is 1.81. The number of hydrogen-bond acceptors (Lipinski definition) is 4. The molecule has 1 aromatic rings. The lowest BCUT2D eigenvalue weighted by Gasteiger charge is -2.05. The van der Waals surface area contributed by atoms with Crippen LogP contribution in [0.25, 0.3) is 0 Å². The number of halogens is 1. The predicted molar refractivity (Wildman–Crippen MR) is 57.9 cm³/mol. The molecule has 0 radical (unpaired) electrons. The number of anilines is 1. The second-order valence-electron chi connectivity index (χ2n) is 3.06. The summed E-state index contributed by atoms with van der Waals surface area (Å²) in [5, 5.41) is 0.939. The van der Waals surface area contributed by atoms with Gasteiger partial charge in [0.2, 0.25) is 0 Å². The topological polar surface area (TPSA) is 51.8 Å². The Morgan fingerprint density at radius 1 is 1.46 bits per heavy atom. The van der Waals surface area contributed by atoms with Gasteiger partial charge in [0.15, 0.2) is 0 Å². The zero-order valence-corrected chi connectivity index (χ0v) is 9.65. The maximum atomic E-state index is 5.75. The molecule has 3 nitrogen and oxygen atoms in total. The van der Waals surface area contributed by atoms with E-state index in [-0.39, 0.29) is 0 Å². The lowest BCUT2D eigenvalue weighted by Crippen LogP contribution is -2.01. The molecule has 0 bridgehead atoms. The highest BCUT2D eigenvalue weighted by Gasteiger charge is 2.27. The Labute approximate surface area is 89.7 Å². The van der Waals surface area contributed by atoms with Crippen molar-refractivity contribution in [3.63, 3.8) is 0 Å². The van der Waals surface area contributed by atoms with Gasteiger partial charge in [-0.15, -0.1) is 11.8 Å². The van der Waals surface area contributed by atoms with Gasteiger partial charge in [0, 0.05) is 5.92 Å².